The molecule has 4 nitrogen and oxygen atoms in total. The largest absolute Gasteiger partial charge is 0.462 e. The van der Waals surface area contributed by atoms with E-state index in [0.29, 0.717) is 12.2 Å². The van der Waals surface area contributed by atoms with E-state index < -0.39 is 0 Å². The van der Waals surface area contributed by atoms with Crippen LogP contribution in [0.2, 0.25) is 0 Å². The SMILES string of the molecule is CCC(=O)OCCOC(=O)C[S+](C)C. The summed E-state index contributed by atoms with van der Waals surface area (Å²) in [6.45, 7) is 2.02. The Hall–Kier alpha value is -0.710. The number of rotatable bonds is 6. The van der Waals surface area contributed by atoms with Gasteiger partial charge in [0.05, 0.1) is 12.5 Å². The number of ether oxygens (including phenoxy) is 2. The molecule has 0 heterocycles. The number of hydrogen-bond acceptors (Lipinski definition) is 4. The van der Waals surface area contributed by atoms with Crippen molar-refractivity contribution in [3.63, 3.8) is 0 Å². The molecule has 0 saturated heterocycles. The lowest BCUT2D eigenvalue weighted by Crippen LogP contribution is -2.19. The quantitative estimate of drug-likeness (QED) is 0.369. The Labute approximate surface area is 87.3 Å². The Balaban J connectivity index is 3.36. The highest BCUT2D eigenvalue weighted by molar-refractivity contribution is 7.96. The van der Waals surface area contributed by atoms with Crippen LogP contribution in [0.1, 0.15) is 13.3 Å². The third-order valence-corrected chi connectivity index (χ3v) is 2.12. The van der Waals surface area contributed by atoms with E-state index >= 15 is 0 Å². The summed E-state index contributed by atoms with van der Waals surface area (Å²) in [5.74, 6) is -0.0699. The summed E-state index contributed by atoms with van der Waals surface area (Å²) in [6.07, 6.45) is 4.29. The van der Waals surface area contributed by atoms with E-state index in [1.165, 1.54) is 0 Å². The van der Waals surface area contributed by atoms with Crippen molar-refractivity contribution in [3.8, 4) is 0 Å². The second-order valence-electron chi connectivity index (χ2n) is 2.92. The maximum atomic E-state index is 11.0. The van der Waals surface area contributed by atoms with Crippen molar-refractivity contribution in [2.24, 2.45) is 0 Å². The lowest BCUT2D eigenvalue weighted by Gasteiger charge is -2.04. The summed E-state index contributed by atoms with van der Waals surface area (Å²) in [7, 11) is 0.0562. The molecule has 0 aromatic rings. The third-order valence-electron chi connectivity index (χ3n) is 1.30. The fourth-order valence-electron chi connectivity index (χ4n) is 0.690. The van der Waals surface area contributed by atoms with Crippen molar-refractivity contribution in [1.29, 1.82) is 0 Å². The zero-order valence-electron chi connectivity index (χ0n) is 8.87. The average Bonchev–Trinajstić information content (AvgIpc) is 2.10. The fraction of sp³-hybridized carbons (Fsp3) is 0.778. The number of esters is 2. The smallest absolute Gasteiger partial charge is 0.356 e. The number of hydrogen-bond donors (Lipinski definition) is 0. The lowest BCUT2D eigenvalue weighted by molar-refractivity contribution is -0.150. The molecular weight excluding hydrogens is 204 g/mol. The maximum Gasteiger partial charge on any atom is 0.356 e. The van der Waals surface area contributed by atoms with E-state index in [9.17, 15) is 9.59 Å². The van der Waals surface area contributed by atoms with Gasteiger partial charge in [-0.2, -0.15) is 0 Å². The second kappa shape index (κ2) is 7.67. The molecule has 0 aromatic carbocycles. The molecule has 0 saturated carbocycles. The molecule has 0 fully saturated rings. The minimum Gasteiger partial charge on any atom is -0.462 e. The molecule has 5 heteroatoms. The van der Waals surface area contributed by atoms with Gasteiger partial charge in [0.25, 0.3) is 0 Å². The van der Waals surface area contributed by atoms with Crippen molar-refractivity contribution < 1.29 is 19.1 Å². The van der Waals surface area contributed by atoms with E-state index in [2.05, 4.69) is 0 Å². The predicted molar refractivity (Wildman–Crippen MR) is 56.3 cm³/mol. The highest BCUT2D eigenvalue weighted by Crippen LogP contribution is 1.89. The van der Waals surface area contributed by atoms with E-state index in [1.54, 1.807) is 6.92 Å². The van der Waals surface area contributed by atoms with Gasteiger partial charge in [-0.25, -0.2) is 4.79 Å². The van der Waals surface area contributed by atoms with Gasteiger partial charge in [0.1, 0.15) is 13.2 Å². The van der Waals surface area contributed by atoms with Crippen LogP contribution in [0.15, 0.2) is 0 Å². The molecule has 0 radical (unpaired) electrons. The van der Waals surface area contributed by atoms with Crippen LogP contribution < -0.4 is 0 Å². The van der Waals surface area contributed by atoms with Gasteiger partial charge in [-0.15, -0.1) is 0 Å². The van der Waals surface area contributed by atoms with Crippen LogP contribution in [0.4, 0.5) is 0 Å². The minimum atomic E-state index is -0.271. The molecule has 82 valence electrons. The third kappa shape index (κ3) is 7.91. The Bertz CT molecular complexity index is 191. The topological polar surface area (TPSA) is 52.6 Å². The van der Waals surface area contributed by atoms with Gasteiger partial charge in [0, 0.05) is 6.42 Å². The summed E-state index contributed by atoms with van der Waals surface area (Å²) in [5.41, 5.74) is 0. The molecule has 0 spiro atoms. The van der Waals surface area contributed by atoms with Crippen molar-refractivity contribution >= 4 is 22.8 Å². The summed E-state index contributed by atoms with van der Waals surface area (Å²) < 4.78 is 9.57. The Morgan fingerprint density at radius 1 is 1.07 bits per heavy atom. The first-order chi connectivity index (χ1) is 6.56. The van der Waals surface area contributed by atoms with Crippen LogP contribution in [0.3, 0.4) is 0 Å². The van der Waals surface area contributed by atoms with Gasteiger partial charge in [-0.3, -0.25) is 4.79 Å². The normalized spacial score (nSPS) is 10.0. The van der Waals surface area contributed by atoms with Crippen LogP contribution in [0.25, 0.3) is 0 Å². The summed E-state index contributed by atoms with van der Waals surface area (Å²) in [6, 6.07) is 0. The van der Waals surface area contributed by atoms with Crippen molar-refractivity contribution in [2.45, 2.75) is 13.3 Å². The summed E-state index contributed by atoms with van der Waals surface area (Å²) in [4.78, 5) is 21.7. The van der Waals surface area contributed by atoms with E-state index in [0.717, 1.165) is 0 Å². The van der Waals surface area contributed by atoms with Crippen LogP contribution >= 0.6 is 0 Å². The monoisotopic (exact) mass is 221 g/mol. The Morgan fingerprint density at radius 2 is 1.57 bits per heavy atom. The lowest BCUT2D eigenvalue weighted by atomic mass is 10.5. The highest BCUT2D eigenvalue weighted by Gasteiger charge is 2.12. The summed E-state index contributed by atoms with van der Waals surface area (Å²) >= 11 is 0. The molecule has 0 N–H and O–H groups in total. The van der Waals surface area contributed by atoms with Gasteiger partial charge in [0.15, 0.2) is 0 Å². The molecule has 0 rings (SSSR count). The van der Waals surface area contributed by atoms with Crippen molar-refractivity contribution in [1.82, 2.24) is 0 Å². The van der Waals surface area contributed by atoms with E-state index in [-0.39, 0.29) is 36.0 Å². The zero-order valence-corrected chi connectivity index (χ0v) is 9.69. The standard InChI is InChI=1S/C9H17O4S/c1-4-8(10)12-5-6-13-9(11)7-14(2)3/h4-7H2,1-3H3/q+1. The van der Waals surface area contributed by atoms with E-state index in [1.807, 2.05) is 12.5 Å². The highest BCUT2D eigenvalue weighted by atomic mass is 32.2. The first-order valence-corrected chi connectivity index (χ1v) is 6.62. The Morgan fingerprint density at radius 3 is 2.00 bits per heavy atom. The van der Waals surface area contributed by atoms with E-state index in [4.69, 9.17) is 9.47 Å². The number of carbonyl (C=O) groups excluding carboxylic acids is 2. The van der Waals surface area contributed by atoms with Crippen molar-refractivity contribution in [2.75, 3.05) is 31.5 Å². The van der Waals surface area contributed by atoms with Crippen LogP contribution in [0, 0.1) is 0 Å². The molecule has 0 unspecified atom stereocenters. The molecule has 0 aliphatic carbocycles. The Kier molecular flexibility index (Phi) is 7.28. The van der Waals surface area contributed by atoms with Gasteiger partial charge in [0.2, 0.25) is 5.75 Å². The van der Waals surface area contributed by atoms with Crippen molar-refractivity contribution in [3.05, 3.63) is 0 Å². The molecule has 14 heavy (non-hydrogen) atoms. The molecule has 0 atom stereocenters. The fourth-order valence-corrected chi connectivity index (χ4v) is 1.25. The molecular formula is C9H17O4S+. The predicted octanol–water partition coefficient (Wildman–Crippen LogP) is 0.361. The zero-order chi connectivity index (χ0) is 11.0. The van der Waals surface area contributed by atoms with Gasteiger partial charge >= 0.3 is 11.9 Å². The first-order valence-electron chi connectivity index (χ1n) is 4.41. The molecule has 0 aliphatic rings. The van der Waals surface area contributed by atoms with Gasteiger partial charge in [-0.1, -0.05) is 6.92 Å². The molecule has 0 aliphatic heterocycles. The van der Waals surface area contributed by atoms with Gasteiger partial charge < -0.3 is 9.47 Å². The minimum absolute atomic E-state index is 0.0562. The van der Waals surface area contributed by atoms with Gasteiger partial charge in [-0.05, 0) is 10.9 Å². The van der Waals surface area contributed by atoms with Crippen LogP contribution in [-0.2, 0) is 30.0 Å². The van der Waals surface area contributed by atoms with Crippen LogP contribution in [-0.4, -0.2) is 43.4 Å². The van der Waals surface area contributed by atoms with Crippen LogP contribution in [0.5, 0.6) is 0 Å². The number of carbonyl (C=O) groups is 2. The average molecular weight is 221 g/mol. The molecule has 0 bridgehead atoms. The molecule has 0 aromatic heterocycles. The second-order valence-corrected chi connectivity index (χ2v) is 5.18. The summed E-state index contributed by atoms with van der Waals surface area (Å²) in [5, 5.41) is 0. The first kappa shape index (κ1) is 13.3. The maximum absolute atomic E-state index is 11.0. The molecule has 0 amide bonds.